The number of furan rings is 1. The van der Waals surface area contributed by atoms with Gasteiger partial charge in [0.25, 0.3) is 5.91 Å². The number of nitrogens with zero attached hydrogens (tertiary/aromatic N) is 5. The summed E-state index contributed by atoms with van der Waals surface area (Å²) in [6.45, 7) is 3.60. The maximum Gasteiger partial charge on any atom is 0.270 e. The lowest BCUT2D eigenvalue weighted by Gasteiger charge is -2.05. The summed E-state index contributed by atoms with van der Waals surface area (Å²) in [7, 11) is 0. The van der Waals surface area contributed by atoms with Gasteiger partial charge in [0, 0.05) is 11.4 Å². The molecule has 4 aromatic heterocycles. The van der Waals surface area contributed by atoms with Gasteiger partial charge in [0.1, 0.15) is 16.4 Å². The molecule has 8 nitrogen and oxygen atoms in total. The quantitative estimate of drug-likeness (QED) is 0.590. The van der Waals surface area contributed by atoms with Crippen LogP contribution in [-0.4, -0.2) is 30.3 Å². The molecule has 0 radical (unpaired) electrons. The Hall–Kier alpha value is -2.85. The van der Waals surface area contributed by atoms with E-state index in [1.807, 2.05) is 24.4 Å². The van der Waals surface area contributed by atoms with Gasteiger partial charge >= 0.3 is 0 Å². The smallest absolute Gasteiger partial charge is 0.270 e. The molecule has 10 heteroatoms. The summed E-state index contributed by atoms with van der Waals surface area (Å²) in [5, 5.41) is 13.7. The molecule has 1 amide bonds. The second-order valence-electron chi connectivity index (χ2n) is 5.22. The van der Waals surface area contributed by atoms with Gasteiger partial charge in [-0.3, -0.25) is 4.79 Å². The third-order valence-corrected chi connectivity index (χ3v) is 5.02. The third-order valence-electron chi connectivity index (χ3n) is 3.38. The van der Waals surface area contributed by atoms with Crippen LogP contribution in [0.2, 0.25) is 0 Å². The maximum absolute atomic E-state index is 12.4. The van der Waals surface area contributed by atoms with Gasteiger partial charge in [-0.2, -0.15) is 9.78 Å². The highest BCUT2D eigenvalue weighted by Crippen LogP contribution is 2.27. The van der Waals surface area contributed by atoms with Crippen molar-refractivity contribution in [2.75, 3.05) is 5.32 Å². The molecule has 0 saturated heterocycles. The normalized spacial score (nSPS) is 11.0. The highest BCUT2D eigenvalue weighted by molar-refractivity contribution is 7.12. The SMILES string of the molecule is Cc1cc(NC(=O)c2snnc2C)n(-c2nc(-c3ccco3)cs2)n1. The first-order valence-corrected chi connectivity index (χ1v) is 8.94. The standard InChI is InChI=1S/C15H12N6O2S2/c1-8-6-12(17-14(22)13-9(2)18-20-25-13)21(19-8)15-16-10(7-24-15)11-4-3-5-23-11/h3-7H,1-2H3,(H,17,22). The first-order chi connectivity index (χ1) is 12.1. The minimum absolute atomic E-state index is 0.267. The first-order valence-electron chi connectivity index (χ1n) is 7.28. The van der Waals surface area contributed by atoms with E-state index in [9.17, 15) is 4.79 Å². The molecule has 4 rings (SSSR count). The van der Waals surface area contributed by atoms with Crippen LogP contribution < -0.4 is 5.32 Å². The number of aromatic nitrogens is 5. The number of anilines is 1. The van der Waals surface area contributed by atoms with Gasteiger partial charge in [-0.15, -0.1) is 16.4 Å². The predicted octanol–water partition coefficient (Wildman–Crippen LogP) is 3.31. The van der Waals surface area contributed by atoms with E-state index >= 15 is 0 Å². The van der Waals surface area contributed by atoms with Crippen LogP contribution in [-0.2, 0) is 0 Å². The fourth-order valence-corrected chi connectivity index (χ4v) is 3.57. The average Bonchev–Trinajstić information content (AvgIpc) is 3.33. The number of hydrogen-bond acceptors (Lipinski definition) is 8. The predicted molar refractivity (Wildman–Crippen MR) is 94.3 cm³/mol. The summed E-state index contributed by atoms with van der Waals surface area (Å²) in [5.74, 6) is 0.954. The Morgan fingerprint density at radius 1 is 1.36 bits per heavy atom. The molecule has 0 unspecified atom stereocenters. The molecule has 25 heavy (non-hydrogen) atoms. The first kappa shape index (κ1) is 15.7. The molecule has 0 aliphatic rings. The summed E-state index contributed by atoms with van der Waals surface area (Å²) < 4.78 is 10.8. The maximum atomic E-state index is 12.4. The van der Waals surface area contributed by atoms with E-state index in [1.165, 1.54) is 11.3 Å². The van der Waals surface area contributed by atoms with Crippen molar-refractivity contribution in [3.8, 4) is 16.6 Å². The van der Waals surface area contributed by atoms with Crippen molar-refractivity contribution < 1.29 is 9.21 Å². The van der Waals surface area contributed by atoms with Crippen LogP contribution in [0.4, 0.5) is 5.82 Å². The number of nitrogens with one attached hydrogen (secondary N) is 1. The van der Waals surface area contributed by atoms with Crippen molar-refractivity contribution in [1.82, 2.24) is 24.4 Å². The van der Waals surface area contributed by atoms with E-state index in [0.717, 1.165) is 22.9 Å². The van der Waals surface area contributed by atoms with E-state index in [0.29, 0.717) is 27.3 Å². The van der Waals surface area contributed by atoms with Crippen molar-refractivity contribution >= 4 is 34.6 Å². The van der Waals surface area contributed by atoms with Crippen molar-refractivity contribution in [1.29, 1.82) is 0 Å². The number of hydrogen-bond donors (Lipinski definition) is 1. The molecule has 0 bridgehead atoms. The summed E-state index contributed by atoms with van der Waals surface area (Å²) in [4.78, 5) is 17.4. The number of rotatable bonds is 4. The van der Waals surface area contributed by atoms with E-state index in [-0.39, 0.29) is 5.91 Å². The van der Waals surface area contributed by atoms with Crippen LogP contribution in [0.1, 0.15) is 21.1 Å². The van der Waals surface area contributed by atoms with Gasteiger partial charge < -0.3 is 9.73 Å². The van der Waals surface area contributed by atoms with Gasteiger partial charge in [-0.05, 0) is 37.5 Å². The fraction of sp³-hybridized carbons (Fsp3) is 0.133. The number of amides is 1. The Balaban J connectivity index is 1.65. The Kier molecular flexibility index (Phi) is 3.90. The molecular weight excluding hydrogens is 360 g/mol. The molecule has 4 aromatic rings. The van der Waals surface area contributed by atoms with Crippen LogP contribution in [0.15, 0.2) is 34.3 Å². The average molecular weight is 372 g/mol. The molecule has 0 aromatic carbocycles. The van der Waals surface area contributed by atoms with Crippen molar-refractivity contribution in [2.45, 2.75) is 13.8 Å². The second-order valence-corrected chi connectivity index (χ2v) is 6.81. The van der Waals surface area contributed by atoms with E-state index in [4.69, 9.17) is 4.42 Å². The molecule has 0 aliphatic heterocycles. The largest absolute Gasteiger partial charge is 0.463 e. The van der Waals surface area contributed by atoms with Crippen LogP contribution in [0.3, 0.4) is 0 Å². The molecule has 1 N–H and O–H groups in total. The van der Waals surface area contributed by atoms with E-state index in [1.54, 1.807) is 23.9 Å². The molecule has 126 valence electrons. The van der Waals surface area contributed by atoms with Crippen LogP contribution >= 0.6 is 22.9 Å². The third kappa shape index (κ3) is 2.96. The van der Waals surface area contributed by atoms with Crippen LogP contribution in [0, 0.1) is 13.8 Å². The topological polar surface area (TPSA) is 98.7 Å². The number of carbonyl (C=O) groups is 1. The van der Waals surface area contributed by atoms with Crippen LogP contribution in [0.5, 0.6) is 0 Å². The molecule has 4 heterocycles. The molecule has 0 saturated carbocycles. The van der Waals surface area contributed by atoms with Crippen molar-refractivity contribution in [2.24, 2.45) is 0 Å². The lowest BCUT2D eigenvalue weighted by Crippen LogP contribution is -2.15. The minimum atomic E-state index is -0.267. The fourth-order valence-electron chi connectivity index (χ4n) is 2.25. The summed E-state index contributed by atoms with van der Waals surface area (Å²) in [6.07, 6.45) is 1.60. The molecule has 0 spiro atoms. The molecule has 0 atom stereocenters. The minimum Gasteiger partial charge on any atom is -0.463 e. The highest BCUT2D eigenvalue weighted by atomic mass is 32.1. The van der Waals surface area contributed by atoms with Crippen LogP contribution in [0.25, 0.3) is 16.6 Å². The Morgan fingerprint density at radius 2 is 2.24 bits per heavy atom. The van der Waals surface area contributed by atoms with E-state index < -0.39 is 0 Å². The Morgan fingerprint density at radius 3 is 2.96 bits per heavy atom. The van der Waals surface area contributed by atoms with Gasteiger partial charge in [-0.25, -0.2) is 4.98 Å². The Bertz CT molecular complexity index is 1030. The lowest BCUT2D eigenvalue weighted by atomic mass is 10.3. The zero-order valence-corrected chi connectivity index (χ0v) is 14.9. The van der Waals surface area contributed by atoms with E-state index in [2.05, 4.69) is 25.0 Å². The summed E-state index contributed by atoms with van der Waals surface area (Å²) >= 11 is 2.47. The molecule has 0 aliphatic carbocycles. The van der Waals surface area contributed by atoms with Gasteiger partial charge in [0.2, 0.25) is 5.13 Å². The second kappa shape index (κ2) is 6.22. The van der Waals surface area contributed by atoms with Gasteiger partial charge in [0.15, 0.2) is 5.76 Å². The molecule has 0 fully saturated rings. The number of aryl methyl sites for hydroxylation is 2. The summed E-state index contributed by atoms with van der Waals surface area (Å²) in [6, 6.07) is 5.44. The van der Waals surface area contributed by atoms with Gasteiger partial charge in [0.05, 0.1) is 17.7 Å². The highest BCUT2D eigenvalue weighted by Gasteiger charge is 2.18. The zero-order chi connectivity index (χ0) is 17.4. The number of carbonyl (C=O) groups excluding carboxylic acids is 1. The lowest BCUT2D eigenvalue weighted by molar-refractivity contribution is 0.102. The van der Waals surface area contributed by atoms with Gasteiger partial charge in [-0.1, -0.05) is 4.49 Å². The summed E-state index contributed by atoms with van der Waals surface area (Å²) in [5.41, 5.74) is 2.08. The van der Waals surface area contributed by atoms with Crippen molar-refractivity contribution in [3.63, 3.8) is 0 Å². The van der Waals surface area contributed by atoms with Crippen molar-refractivity contribution in [3.05, 3.63) is 46.1 Å². The zero-order valence-electron chi connectivity index (χ0n) is 13.3. The number of thiazole rings is 1. The molecular formula is C15H12N6O2S2. The monoisotopic (exact) mass is 372 g/mol. The Labute approximate surface area is 150 Å².